The van der Waals surface area contributed by atoms with Gasteiger partial charge in [0.15, 0.2) is 0 Å². The molecule has 7 heteroatoms. The Labute approximate surface area is 163 Å². The number of pyridine rings is 1. The highest BCUT2D eigenvalue weighted by atomic mass is 16.4. The summed E-state index contributed by atoms with van der Waals surface area (Å²) in [6.07, 6.45) is 1.79. The van der Waals surface area contributed by atoms with Crippen LogP contribution in [0.15, 0.2) is 53.1 Å². The van der Waals surface area contributed by atoms with Crippen molar-refractivity contribution in [2.75, 3.05) is 0 Å². The third-order valence-electron chi connectivity index (χ3n) is 4.13. The Bertz CT molecular complexity index is 967. The van der Waals surface area contributed by atoms with E-state index in [0.29, 0.717) is 30.4 Å². The minimum absolute atomic E-state index is 0.0930. The SMILES string of the molecule is CC(=O)NCc1ccnc(CNC(=O)Cc2nc(-c3ccccc3)oc2C)c1. The van der Waals surface area contributed by atoms with Crippen molar-refractivity contribution in [1.82, 2.24) is 20.6 Å². The Kier molecular flexibility index (Phi) is 6.16. The molecule has 0 aliphatic heterocycles. The predicted molar refractivity (Wildman–Crippen MR) is 104 cm³/mol. The fourth-order valence-corrected chi connectivity index (χ4v) is 2.66. The summed E-state index contributed by atoms with van der Waals surface area (Å²) >= 11 is 0. The molecule has 0 fully saturated rings. The van der Waals surface area contributed by atoms with Crippen molar-refractivity contribution < 1.29 is 14.0 Å². The number of nitrogens with zero attached hydrogens (tertiary/aromatic N) is 2. The van der Waals surface area contributed by atoms with Crippen molar-refractivity contribution in [3.05, 3.63) is 71.4 Å². The van der Waals surface area contributed by atoms with E-state index in [1.807, 2.05) is 42.5 Å². The second-order valence-corrected chi connectivity index (χ2v) is 6.41. The Morgan fingerprint density at radius 3 is 2.61 bits per heavy atom. The first kappa shape index (κ1) is 19.3. The summed E-state index contributed by atoms with van der Waals surface area (Å²) in [7, 11) is 0. The van der Waals surface area contributed by atoms with Gasteiger partial charge in [-0.25, -0.2) is 4.98 Å². The summed E-state index contributed by atoms with van der Waals surface area (Å²) in [5.41, 5.74) is 3.13. The van der Waals surface area contributed by atoms with Crippen molar-refractivity contribution in [3.63, 3.8) is 0 Å². The van der Waals surface area contributed by atoms with Gasteiger partial charge in [0.25, 0.3) is 0 Å². The smallest absolute Gasteiger partial charge is 0.226 e. The number of aryl methyl sites for hydroxylation is 1. The molecule has 2 amide bonds. The lowest BCUT2D eigenvalue weighted by molar-refractivity contribution is -0.121. The molecule has 144 valence electrons. The largest absolute Gasteiger partial charge is 0.441 e. The molecule has 2 N–H and O–H groups in total. The second kappa shape index (κ2) is 8.94. The number of nitrogens with one attached hydrogen (secondary N) is 2. The van der Waals surface area contributed by atoms with Crippen LogP contribution in [0.5, 0.6) is 0 Å². The van der Waals surface area contributed by atoms with Crippen molar-refractivity contribution >= 4 is 11.8 Å². The maximum atomic E-state index is 12.3. The zero-order valence-corrected chi connectivity index (χ0v) is 15.9. The molecule has 0 bridgehead atoms. The molecule has 0 saturated heterocycles. The topological polar surface area (TPSA) is 97.1 Å². The fraction of sp³-hybridized carbons (Fsp3) is 0.238. The standard InChI is InChI=1S/C21H22N4O3/c1-14-19(25-21(28-14)17-6-4-3-5-7-17)11-20(27)24-13-18-10-16(8-9-22-18)12-23-15(2)26/h3-10H,11-13H2,1-2H3,(H,23,26)(H,24,27). The highest BCUT2D eigenvalue weighted by Gasteiger charge is 2.14. The average molecular weight is 378 g/mol. The number of carbonyl (C=O) groups excluding carboxylic acids is 2. The molecule has 1 aromatic carbocycles. The summed E-state index contributed by atoms with van der Waals surface area (Å²) < 4.78 is 5.69. The minimum atomic E-state index is -0.162. The first-order chi connectivity index (χ1) is 13.5. The number of aromatic nitrogens is 2. The van der Waals surface area contributed by atoms with E-state index in [1.165, 1.54) is 6.92 Å². The van der Waals surface area contributed by atoms with Crippen LogP contribution in [0.2, 0.25) is 0 Å². The third-order valence-corrected chi connectivity index (χ3v) is 4.13. The van der Waals surface area contributed by atoms with Crippen LogP contribution in [0.25, 0.3) is 11.5 Å². The fourth-order valence-electron chi connectivity index (χ4n) is 2.66. The Hall–Kier alpha value is -3.48. The summed E-state index contributed by atoms with van der Waals surface area (Å²) in [5.74, 6) is 0.882. The molecular formula is C21H22N4O3. The van der Waals surface area contributed by atoms with E-state index in [9.17, 15) is 9.59 Å². The zero-order chi connectivity index (χ0) is 19.9. The normalized spacial score (nSPS) is 10.5. The van der Waals surface area contributed by atoms with Crippen LogP contribution >= 0.6 is 0 Å². The third kappa shape index (κ3) is 5.26. The minimum Gasteiger partial charge on any atom is -0.441 e. The average Bonchev–Trinajstić information content (AvgIpc) is 3.06. The van der Waals surface area contributed by atoms with Crippen LogP contribution in [0.1, 0.15) is 29.6 Å². The van der Waals surface area contributed by atoms with Gasteiger partial charge in [-0.05, 0) is 36.8 Å². The van der Waals surface area contributed by atoms with Crippen LogP contribution in [-0.2, 0) is 29.1 Å². The summed E-state index contributed by atoms with van der Waals surface area (Å²) in [4.78, 5) is 32.0. The Morgan fingerprint density at radius 2 is 1.86 bits per heavy atom. The maximum Gasteiger partial charge on any atom is 0.226 e. The van der Waals surface area contributed by atoms with Gasteiger partial charge in [0.2, 0.25) is 17.7 Å². The van der Waals surface area contributed by atoms with Crippen molar-refractivity contribution in [1.29, 1.82) is 0 Å². The number of amides is 2. The lowest BCUT2D eigenvalue weighted by atomic mass is 10.2. The molecule has 3 rings (SSSR count). The molecule has 28 heavy (non-hydrogen) atoms. The quantitative estimate of drug-likeness (QED) is 0.658. The number of benzene rings is 1. The van der Waals surface area contributed by atoms with Crippen LogP contribution in [0, 0.1) is 6.92 Å². The summed E-state index contributed by atoms with van der Waals surface area (Å²) in [6.45, 7) is 4.00. The first-order valence-electron chi connectivity index (χ1n) is 8.98. The summed E-state index contributed by atoms with van der Waals surface area (Å²) in [5, 5.41) is 5.58. The lowest BCUT2D eigenvalue weighted by Gasteiger charge is -2.07. The van der Waals surface area contributed by atoms with Crippen molar-refractivity contribution in [2.45, 2.75) is 33.4 Å². The van der Waals surface area contributed by atoms with Gasteiger partial charge in [0, 0.05) is 25.2 Å². The predicted octanol–water partition coefficient (Wildman–Crippen LogP) is 2.54. The Balaban J connectivity index is 1.57. The molecule has 0 radical (unpaired) electrons. The van der Waals surface area contributed by atoms with Crippen LogP contribution in [0.4, 0.5) is 0 Å². The lowest BCUT2D eigenvalue weighted by Crippen LogP contribution is -2.25. The van der Waals surface area contributed by atoms with E-state index in [-0.39, 0.29) is 18.2 Å². The van der Waals surface area contributed by atoms with Crippen molar-refractivity contribution in [3.8, 4) is 11.5 Å². The number of rotatable bonds is 7. The van der Waals surface area contributed by atoms with E-state index in [4.69, 9.17) is 4.42 Å². The van der Waals surface area contributed by atoms with Gasteiger partial charge in [-0.3, -0.25) is 14.6 Å². The zero-order valence-electron chi connectivity index (χ0n) is 15.9. The van der Waals surface area contributed by atoms with Crippen LogP contribution in [0.3, 0.4) is 0 Å². The highest BCUT2D eigenvalue weighted by Crippen LogP contribution is 2.21. The Morgan fingerprint density at radius 1 is 1.07 bits per heavy atom. The molecular weight excluding hydrogens is 356 g/mol. The number of hydrogen-bond donors (Lipinski definition) is 2. The van der Waals surface area contributed by atoms with Gasteiger partial charge >= 0.3 is 0 Å². The molecule has 0 aliphatic carbocycles. The number of carbonyl (C=O) groups is 2. The first-order valence-corrected chi connectivity index (χ1v) is 8.98. The second-order valence-electron chi connectivity index (χ2n) is 6.41. The molecule has 0 saturated carbocycles. The van der Waals surface area contributed by atoms with Gasteiger partial charge in [-0.15, -0.1) is 0 Å². The van der Waals surface area contributed by atoms with Gasteiger partial charge in [-0.1, -0.05) is 18.2 Å². The molecule has 0 unspecified atom stereocenters. The maximum absolute atomic E-state index is 12.3. The van der Waals surface area contributed by atoms with Gasteiger partial charge in [-0.2, -0.15) is 0 Å². The van der Waals surface area contributed by atoms with Gasteiger partial charge in [0.05, 0.1) is 24.4 Å². The van der Waals surface area contributed by atoms with Gasteiger partial charge < -0.3 is 15.1 Å². The highest BCUT2D eigenvalue weighted by molar-refractivity contribution is 5.78. The van der Waals surface area contributed by atoms with E-state index < -0.39 is 0 Å². The molecule has 0 aliphatic rings. The molecule has 2 heterocycles. The van der Waals surface area contributed by atoms with E-state index in [2.05, 4.69) is 20.6 Å². The van der Waals surface area contributed by atoms with E-state index in [0.717, 1.165) is 16.8 Å². The monoisotopic (exact) mass is 378 g/mol. The van der Waals surface area contributed by atoms with Crippen molar-refractivity contribution in [2.24, 2.45) is 0 Å². The van der Waals surface area contributed by atoms with E-state index in [1.54, 1.807) is 13.1 Å². The number of hydrogen-bond acceptors (Lipinski definition) is 5. The number of oxazole rings is 1. The molecule has 3 aromatic rings. The van der Waals surface area contributed by atoms with Gasteiger partial charge in [0.1, 0.15) is 5.76 Å². The summed E-state index contributed by atoms with van der Waals surface area (Å²) in [6, 6.07) is 13.2. The molecule has 7 nitrogen and oxygen atoms in total. The molecule has 0 atom stereocenters. The van der Waals surface area contributed by atoms with E-state index >= 15 is 0 Å². The molecule has 2 aromatic heterocycles. The van der Waals surface area contributed by atoms with Crippen LogP contribution < -0.4 is 10.6 Å². The van der Waals surface area contributed by atoms with Crippen LogP contribution in [-0.4, -0.2) is 21.8 Å². The molecule has 0 spiro atoms.